The summed E-state index contributed by atoms with van der Waals surface area (Å²) in [6, 6.07) is 8.32. The van der Waals surface area contributed by atoms with Gasteiger partial charge < -0.3 is 5.73 Å². The van der Waals surface area contributed by atoms with E-state index in [2.05, 4.69) is 30.1 Å². The first-order valence-electron chi connectivity index (χ1n) is 4.86. The second-order valence-electron chi connectivity index (χ2n) is 3.48. The average molecular weight is 186 g/mol. The van der Waals surface area contributed by atoms with Gasteiger partial charge in [0.2, 0.25) is 0 Å². The third-order valence-corrected chi connectivity index (χ3v) is 2.49. The molecule has 72 valence electrons. The zero-order chi connectivity index (χ0) is 9.97. The Morgan fingerprint density at radius 2 is 2.14 bits per heavy atom. The smallest absolute Gasteiger partial charge is 0.0737 e. The van der Waals surface area contributed by atoms with Crippen molar-refractivity contribution in [3.05, 3.63) is 41.6 Å². The Bertz CT molecular complexity index is 449. The highest BCUT2D eigenvalue weighted by Crippen LogP contribution is 2.19. The van der Waals surface area contributed by atoms with Gasteiger partial charge in [0.15, 0.2) is 0 Å². The van der Waals surface area contributed by atoms with E-state index in [1.807, 2.05) is 12.3 Å². The molecule has 2 rings (SSSR count). The fourth-order valence-corrected chi connectivity index (χ4v) is 1.73. The van der Waals surface area contributed by atoms with Gasteiger partial charge in [0.05, 0.1) is 5.52 Å². The molecule has 0 saturated carbocycles. The molecule has 0 aliphatic heterocycles. The lowest BCUT2D eigenvalue weighted by Crippen LogP contribution is -2.03. The van der Waals surface area contributed by atoms with Crippen LogP contribution < -0.4 is 5.73 Å². The Morgan fingerprint density at radius 1 is 1.29 bits per heavy atom. The third-order valence-electron chi connectivity index (χ3n) is 2.49. The molecule has 0 radical (unpaired) electrons. The first kappa shape index (κ1) is 9.16. The highest BCUT2D eigenvalue weighted by molar-refractivity contribution is 5.84. The number of benzene rings is 1. The molecule has 2 nitrogen and oxygen atoms in total. The summed E-state index contributed by atoms with van der Waals surface area (Å²) in [6.45, 7) is 2.78. The number of pyridine rings is 1. The maximum absolute atomic E-state index is 5.56. The van der Waals surface area contributed by atoms with Crippen LogP contribution >= 0.6 is 0 Å². The van der Waals surface area contributed by atoms with Gasteiger partial charge in [-0.1, -0.05) is 18.2 Å². The molecule has 0 fully saturated rings. The number of aromatic nitrogens is 1. The van der Waals surface area contributed by atoms with Crippen LogP contribution in [0, 0.1) is 6.92 Å². The monoisotopic (exact) mass is 186 g/mol. The molecule has 2 heteroatoms. The number of nitrogens with zero attached hydrogens (tertiary/aromatic N) is 1. The quantitative estimate of drug-likeness (QED) is 0.779. The van der Waals surface area contributed by atoms with E-state index in [1.54, 1.807) is 0 Å². The van der Waals surface area contributed by atoms with Crippen molar-refractivity contribution < 1.29 is 0 Å². The molecule has 1 aromatic heterocycles. The second-order valence-corrected chi connectivity index (χ2v) is 3.48. The van der Waals surface area contributed by atoms with Crippen LogP contribution in [0.1, 0.15) is 11.1 Å². The normalized spacial score (nSPS) is 10.7. The van der Waals surface area contributed by atoms with Crippen LogP contribution in [0.25, 0.3) is 10.9 Å². The number of hydrogen-bond donors (Lipinski definition) is 1. The van der Waals surface area contributed by atoms with Gasteiger partial charge in [0.25, 0.3) is 0 Å². The summed E-state index contributed by atoms with van der Waals surface area (Å²) in [5.74, 6) is 0. The van der Waals surface area contributed by atoms with E-state index in [9.17, 15) is 0 Å². The largest absolute Gasteiger partial charge is 0.330 e. The van der Waals surface area contributed by atoms with Gasteiger partial charge in [0, 0.05) is 11.6 Å². The fourth-order valence-electron chi connectivity index (χ4n) is 1.73. The molecule has 0 amide bonds. The summed E-state index contributed by atoms with van der Waals surface area (Å²) in [5.41, 5.74) is 9.17. The summed E-state index contributed by atoms with van der Waals surface area (Å²) in [7, 11) is 0. The number of nitrogens with two attached hydrogens (primary N) is 1. The summed E-state index contributed by atoms with van der Waals surface area (Å²) < 4.78 is 0. The number of fused-ring (bicyclic) bond motifs is 1. The van der Waals surface area contributed by atoms with Gasteiger partial charge in [-0.3, -0.25) is 4.98 Å². The van der Waals surface area contributed by atoms with Gasteiger partial charge in [-0.2, -0.15) is 0 Å². The van der Waals surface area contributed by atoms with Crippen molar-refractivity contribution in [1.29, 1.82) is 0 Å². The maximum atomic E-state index is 5.56. The molecule has 14 heavy (non-hydrogen) atoms. The van der Waals surface area contributed by atoms with Gasteiger partial charge >= 0.3 is 0 Å². The summed E-state index contributed by atoms with van der Waals surface area (Å²) >= 11 is 0. The van der Waals surface area contributed by atoms with Crippen molar-refractivity contribution in [3.8, 4) is 0 Å². The van der Waals surface area contributed by atoms with Crippen molar-refractivity contribution >= 4 is 10.9 Å². The molecule has 0 aliphatic carbocycles. The van der Waals surface area contributed by atoms with E-state index in [0.29, 0.717) is 6.54 Å². The predicted octanol–water partition coefficient (Wildman–Crippen LogP) is 2.04. The van der Waals surface area contributed by atoms with Crippen LogP contribution in [0.2, 0.25) is 0 Å². The van der Waals surface area contributed by atoms with E-state index in [1.165, 1.54) is 16.5 Å². The third kappa shape index (κ3) is 1.49. The Kier molecular flexibility index (Phi) is 2.46. The predicted molar refractivity (Wildman–Crippen MR) is 59.2 cm³/mol. The standard InChI is InChI=1S/C12H14N2/c1-9-6-8-14-12-10(5-7-13)3-2-4-11(9)12/h2-4,6,8H,5,7,13H2,1H3. The number of rotatable bonds is 2. The lowest BCUT2D eigenvalue weighted by atomic mass is 10.0. The van der Waals surface area contributed by atoms with Crippen LogP contribution in [-0.4, -0.2) is 11.5 Å². The molecule has 0 saturated heterocycles. The SMILES string of the molecule is Cc1ccnc2c(CCN)cccc12. The summed E-state index contributed by atoms with van der Waals surface area (Å²) in [4.78, 5) is 4.41. The highest BCUT2D eigenvalue weighted by Gasteiger charge is 2.02. The lowest BCUT2D eigenvalue weighted by Gasteiger charge is -2.05. The molecule has 0 atom stereocenters. The highest BCUT2D eigenvalue weighted by atomic mass is 14.7. The van der Waals surface area contributed by atoms with Crippen LogP contribution in [0.3, 0.4) is 0 Å². The molecule has 2 N–H and O–H groups in total. The van der Waals surface area contributed by atoms with Gasteiger partial charge in [-0.15, -0.1) is 0 Å². The molecule has 0 bridgehead atoms. The molecular weight excluding hydrogens is 172 g/mol. The Balaban J connectivity index is 2.68. The lowest BCUT2D eigenvalue weighted by molar-refractivity contribution is 0.973. The van der Waals surface area contributed by atoms with Crippen molar-refractivity contribution in [2.45, 2.75) is 13.3 Å². The van der Waals surface area contributed by atoms with Crippen molar-refractivity contribution in [2.75, 3.05) is 6.54 Å². The van der Waals surface area contributed by atoms with E-state index in [-0.39, 0.29) is 0 Å². The summed E-state index contributed by atoms with van der Waals surface area (Å²) in [6.07, 6.45) is 2.76. The van der Waals surface area contributed by atoms with E-state index in [0.717, 1.165) is 11.9 Å². The summed E-state index contributed by atoms with van der Waals surface area (Å²) in [5, 5.41) is 1.23. The molecular formula is C12H14N2. The molecule has 1 heterocycles. The second kappa shape index (κ2) is 3.76. The molecule has 1 aromatic carbocycles. The Morgan fingerprint density at radius 3 is 2.93 bits per heavy atom. The minimum Gasteiger partial charge on any atom is -0.330 e. The minimum atomic E-state index is 0.675. The fraction of sp³-hybridized carbons (Fsp3) is 0.250. The van der Waals surface area contributed by atoms with E-state index < -0.39 is 0 Å². The first-order valence-corrected chi connectivity index (χ1v) is 4.86. The minimum absolute atomic E-state index is 0.675. The Labute approximate surface area is 83.8 Å². The van der Waals surface area contributed by atoms with Gasteiger partial charge in [-0.05, 0) is 37.1 Å². The number of aryl methyl sites for hydroxylation is 1. The molecule has 0 aliphatic rings. The van der Waals surface area contributed by atoms with Crippen LogP contribution in [0.15, 0.2) is 30.5 Å². The van der Waals surface area contributed by atoms with Crippen molar-refractivity contribution in [3.63, 3.8) is 0 Å². The zero-order valence-electron chi connectivity index (χ0n) is 8.33. The molecule has 0 unspecified atom stereocenters. The van der Waals surface area contributed by atoms with Crippen molar-refractivity contribution in [1.82, 2.24) is 4.98 Å². The zero-order valence-corrected chi connectivity index (χ0v) is 8.33. The topological polar surface area (TPSA) is 38.9 Å². The van der Waals surface area contributed by atoms with Gasteiger partial charge in [-0.25, -0.2) is 0 Å². The molecule has 2 aromatic rings. The maximum Gasteiger partial charge on any atom is 0.0737 e. The van der Waals surface area contributed by atoms with Crippen LogP contribution in [-0.2, 0) is 6.42 Å². The average Bonchev–Trinajstić information content (AvgIpc) is 2.20. The van der Waals surface area contributed by atoms with E-state index >= 15 is 0 Å². The Hall–Kier alpha value is -1.41. The molecule has 0 spiro atoms. The number of hydrogen-bond acceptors (Lipinski definition) is 2. The van der Waals surface area contributed by atoms with Crippen LogP contribution in [0.4, 0.5) is 0 Å². The van der Waals surface area contributed by atoms with Gasteiger partial charge in [0.1, 0.15) is 0 Å². The first-order chi connectivity index (χ1) is 6.83. The van der Waals surface area contributed by atoms with E-state index in [4.69, 9.17) is 5.73 Å². The number of para-hydroxylation sites is 1. The van der Waals surface area contributed by atoms with Crippen molar-refractivity contribution in [2.24, 2.45) is 5.73 Å². The van der Waals surface area contributed by atoms with Crippen LogP contribution in [0.5, 0.6) is 0 Å².